The molecule has 0 amide bonds. The van der Waals surface area contributed by atoms with Gasteiger partial charge in [0.1, 0.15) is 5.82 Å². The van der Waals surface area contributed by atoms with E-state index in [2.05, 4.69) is 20.9 Å². The van der Waals surface area contributed by atoms with Gasteiger partial charge in [-0.2, -0.15) is 0 Å². The molecule has 1 heterocycles. The van der Waals surface area contributed by atoms with Crippen LogP contribution in [0.5, 0.6) is 0 Å². The summed E-state index contributed by atoms with van der Waals surface area (Å²) < 4.78 is 2.91. The number of halogens is 1. The van der Waals surface area contributed by atoms with E-state index in [1.54, 1.807) is 6.20 Å². The summed E-state index contributed by atoms with van der Waals surface area (Å²) in [6, 6.07) is 5.99. The van der Waals surface area contributed by atoms with Gasteiger partial charge in [-0.1, -0.05) is 22.0 Å². The predicted octanol–water partition coefficient (Wildman–Crippen LogP) is 2.88. The van der Waals surface area contributed by atoms with Crippen LogP contribution in [0.15, 0.2) is 28.9 Å². The van der Waals surface area contributed by atoms with Gasteiger partial charge < -0.3 is 9.67 Å². The Bertz CT molecular complexity index is 605. The Morgan fingerprint density at radius 2 is 2.17 bits per heavy atom. The quantitative estimate of drug-likeness (QED) is 0.948. The van der Waals surface area contributed by atoms with E-state index in [0.29, 0.717) is 5.69 Å². The van der Waals surface area contributed by atoms with Crippen LogP contribution in [0.4, 0.5) is 0 Å². The average molecular weight is 309 g/mol. The summed E-state index contributed by atoms with van der Waals surface area (Å²) >= 11 is 3.49. The fourth-order valence-corrected chi connectivity index (χ4v) is 2.13. The van der Waals surface area contributed by atoms with Crippen LogP contribution < -0.4 is 0 Å². The molecule has 2 rings (SSSR count). The third kappa shape index (κ3) is 2.61. The van der Waals surface area contributed by atoms with Crippen LogP contribution in [-0.2, 0) is 11.2 Å². The van der Waals surface area contributed by atoms with Gasteiger partial charge in [0.2, 0.25) is 0 Å². The van der Waals surface area contributed by atoms with E-state index in [9.17, 15) is 4.79 Å². The molecule has 0 unspecified atom stereocenters. The summed E-state index contributed by atoms with van der Waals surface area (Å²) in [5, 5.41) is 8.76. The Morgan fingerprint density at radius 1 is 1.44 bits per heavy atom. The van der Waals surface area contributed by atoms with Crippen LogP contribution in [0.2, 0.25) is 0 Å². The molecule has 0 atom stereocenters. The van der Waals surface area contributed by atoms with Crippen molar-refractivity contribution >= 4 is 21.9 Å². The van der Waals surface area contributed by atoms with E-state index in [1.807, 2.05) is 36.6 Å². The zero-order valence-corrected chi connectivity index (χ0v) is 11.7. The first-order chi connectivity index (χ1) is 8.47. The fourth-order valence-electron chi connectivity index (χ4n) is 1.77. The van der Waals surface area contributed by atoms with Gasteiger partial charge in [-0.05, 0) is 31.5 Å². The van der Waals surface area contributed by atoms with E-state index >= 15 is 0 Å². The number of hydrogen-bond donors (Lipinski definition) is 1. The second-order valence-corrected chi connectivity index (χ2v) is 5.01. The highest BCUT2D eigenvalue weighted by atomic mass is 79.9. The van der Waals surface area contributed by atoms with Crippen molar-refractivity contribution in [3.63, 3.8) is 0 Å². The Balaban J connectivity index is 2.41. The lowest BCUT2D eigenvalue weighted by atomic mass is 10.2. The molecular formula is C13H13BrN2O2. The maximum Gasteiger partial charge on any atom is 0.309 e. The number of carboxylic acid groups (broad SMARTS) is 1. The molecule has 0 fully saturated rings. The monoisotopic (exact) mass is 308 g/mol. The van der Waals surface area contributed by atoms with Crippen LogP contribution >= 0.6 is 15.9 Å². The molecule has 18 heavy (non-hydrogen) atoms. The summed E-state index contributed by atoms with van der Waals surface area (Å²) in [7, 11) is 0. The molecule has 4 nitrogen and oxygen atoms in total. The van der Waals surface area contributed by atoms with Gasteiger partial charge in [-0.25, -0.2) is 4.98 Å². The van der Waals surface area contributed by atoms with Gasteiger partial charge in [0.25, 0.3) is 0 Å². The molecule has 1 N–H and O–H groups in total. The second-order valence-electron chi connectivity index (χ2n) is 4.15. The van der Waals surface area contributed by atoms with E-state index in [-0.39, 0.29) is 6.42 Å². The smallest absolute Gasteiger partial charge is 0.309 e. The molecule has 0 saturated carbocycles. The first-order valence-electron chi connectivity index (χ1n) is 5.50. The average Bonchev–Trinajstić information content (AvgIpc) is 2.62. The molecule has 0 aliphatic carbocycles. The fraction of sp³-hybridized carbons (Fsp3) is 0.231. The maximum atomic E-state index is 10.7. The third-order valence-corrected chi connectivity index (χ3v) is 3.55. The molecule has 1 aromatic heterocycles. The van der Waals surface area contributed by atoms with Crippen LogP contribution in [0.1, 0.15) is 17.1 Å². The van der Waals surface area contributed by atoms with Gasteiger partial charge >= 0.3 is 5.97 Å². The first-order valence-corrected chi connectivity index (χ1v) is 6.30. The third-order valence-electron chi connectivity index (χ3n) is 2.70. The number of carboxylic acids is 1. The zero-order valence-electron chi connectivity index (χ0n) is 10.1. The summed E-state index contributed by atoms with van der Waals surface area (Å²) in [6.45, 7) is 3.88. The number of aromatic nitrogens is 2. The molecule has 0 bridgehead atoms. The number of benzene rings is 1. The Hall–Kier alpha value is -1.62. The van der Waals surface area contributed by atoms with Crippen molar-refractivity contribution in [2.75, 3.05) is 0 Å². The standard InChI is InChI=1S/C13H13BrN2O2/c1-8-3-4-11(6-12(8)14)16-7-10(5-13(17)18)15-9(16)2/h3-4,6-7H,5H2,1-2H3,(H,17,18). The number of hydrogen-bond acceptors (Lipinski definition) is 2. The van der Waals surface area contributed by atoms with Crippen molar-refractivity contribution in [3.05, 3.63) is 46.0 Å². The maximum absolute atomic E-state index is 10.7. The van der Waals surface area contributed by atoms with Gasteiger partial charge in [-0.3, -0.25) is 4.79 Å². The van der Waals surface area contributed by atoms with Crippen molar-refractivity contribution in [1.29, 1.82) is 0 Å². The molecule has 0 aliphatic heterocycles. The molecular weight excluding hydrogens is 296 g/mol. The minimum absolute atomic E-state index is 0.0547. The second kappa shape index (κ2) is 4.94. The van der Waals surface area contributed by atoms with Gasteiger partial charge in [0.15, 0.2) is 0 Å². The van der Waals surface area contributed by atoms with Crippen LogP contribution in [0, 0.1) is 13.8 Å². The van der Waals surface area contributed by atoms with Gasteiger partial charge in [0.05, 0.1) is 12.1 Å². The molecule has 0 radical (unpaired) electrons. The zero-order chi connectivity index (χ0) is 13.3. The lowest BCUT2D eigenvalue weighted by molar-refractivity contribution is -0.136. The molecule has 0 spiro atoms. The highest BCUT2D eigenvalue weighted by Gasteiger charge is 2.09. The minimum Gasteiger partial charge on any atom is -0.481 e. The normalized spacial score (nSPS) is 10.6. The Labute approximate surface area is 113 Å². The molecule has 2 aromatic rings. The SMILES string of the molecule is Cc1ccc(-n2cc(CC(=O)O)nc2C)cc1Br. The summed E-state index contributed by atoms with van der Waals surface area (Å²) in [4.78, 5) is 14.9. The van der Waals surface area contributed by atoms with E-state index in [1.165, 1.54) is 0 Å². The van der Waals surface area contributed by atoms with Crippen molar-refractivity contribution in [3.8, 4) is 5.69 Å². The predicted molar refractivity (Wildman–Crippen MR) is 72.1 cm³/mol. The Morgan fingerprint density at radius 3 is 2.78 bits per heavy atom. The lowest BCUT2D eigenvalue weighted by Gasteiger charge is -2.06. The molecule has 0 saturated heterocycles. The van der Waals surface area contributed by atoms with Crippen LogP contribution in [0.3, 0.4) is 0 Å². The van der Waals surface area contributed by atoms with Crippen LogP contribution in [0.25, 0.3) is 5.69 Å². The minimum atomic E-state index is -0.871. The molecule has 1 aromatic carbocycles. The number of nitrogens with zero attached hydrogens (tertiary/aromatic N) is 2. The van der Waals surface area contributed by atoms with E-state index < -0.39 is 5.97 Å². The number of rotatable bonds is 3. The highest BCUT2D eigenvalue weighted by Crippen LogP contribution is 2.21. The van der Waals surface area contributed by atoms with Crippen molar-refractivity contribution in [2.45, 2.75) is 20.3 Å². The molecule has 94 valence electrons. The summed E-state index contributed by atoms with van der Waals surface area (Å²) in [6.07, 6.45) is 1.71. The van der Waals surface area contributed by atoms with Gasteiger partial charge in [-0.15, -0.1) is 0 Å². The molecule has 0 aliphatic rings. The lowest BCUT2D eigenvalue weighted by Crippen LogP contribution is -1.99. The van der Waals surface area contributed by atoms with E-state index in [4.69, 9.17) is 5.11 Å². The number of aryl methyl sites for hydroxylation is 2. The van der Waals surface area contributed by atoms with Gasteiger partial charge in [0, 0.05) is 16.4 Å². The highest BCUT2D eigenvalue weighted by molar-refractivity contribution is 9.10. The Kier molecular flexibility index (Phi) is 3.52. The van der Waals surface area contributed by atoms with Crippen molar-refractivity contribution in [2.24, 2.45) is 0 Å². The largest absolute Gasteiger partial charge is 0.481 e. The number of aliphatic carboxylic acids is 1. The summed E-state index contributed by atoms with van der Waals surface area (Å²) in [5.74, 6) is -0.0910. The van der Waals surface area contributed by atoms with Crippen molar-refractivity contribution in [1.82, 2.24) is 9.55 Å². The van der Waals surface area contributed by atoms with Crippen LogP contribution in [-0.4, -0.2) is 20.6 Å². The number of carbonyl (C=O) groups is 1. The van der Waals surface area contributed by atoms with Crippen molar-refractivity contribution < 1.29 is 9.90 Å². The number of imidazole rings is 1. The topological polar surface area (TPSA) is 55.1 Å². The molecule has 5 heteroatoms. The summed E-state index contributed by atoms with van der Waals surface area (Å²) in [5.41, 5.74) is 2.69. The first kappa shape index (κ1) is 12.8. The van der Waals surface area contributed by atoms with E-state index in [0.717, 1.165) is 21.5 Å².